The Kier molecular flexibility index (Phi) is 9.23. The summed E-state index contributed by atoms with van der Waals surface area (Å²) in [7, 11) is 3.25. The van der Waals surface area contributed by atoms with Crippen LogP contribution in [0.5, 0.6) is 17.2 Å². The van der Waals surface area contributed by atoms with E-state index in [1.165, 1.54) is 18.4 Å². The van der Waals surface area contributed by atoms with E-state index in [1.54, 1.807) is 14.2 Å². The molecule has 174 valence electrons. The van der Waals surface area contributed by atoms with Crippen molar-refractivity contribution < 1.29 is 19.0 Å². The molecule has 0 radical (unpaired) electrons. The highest BCUT2D eigenvalue weighted by molar-refractivity contribution is 5.75. The van der Waals surface area contributed by atoms with Crippen molar-refractivity contribution in [3.05, 3.63) is 53.6 Å². The molecular formula is C26H36N2O4. The summed E-state index contributed by atoms with van der Waals surface area (Å²) in [5, 5.41) is 3.03. The summed E-state index contributed by atoms with van der Waals surface area (Å²) < 4.78 is 16.4. The largest absolute Gasteiger partial charge is 0.497 e. The third-order valence-corrected chi connectivity index (χ3v) is 6.02. The fourth-order valence-corrected chi connectivity index (χ4v) is 4.32. The van der Waals surface area contributed by atoms with E-state index in [2.05, 4.69) is 22.3 Å². The van der Waals surface area contributed by atoms with Gasteiger partial charge in [-0.2, -0.15) is 0 Å². The van der Waals surface area contributed by atoms with Crippen molar-refractivity contribution in [3.63, 3.8) is 0 Å². The first-order chi connectivity index (χ1) is 15.6. The van der Waals surface area contributed by atoms with Gasteiger partial charge in [0.25, 0.3) is 0 Å². The Balaban J connectivity index is 1.45. The lowest BCUT2D eigenvalue weighted by Crippen LogP contribution is -2.35. The van der Waals surface area contributed by atoms with E-state index in [1.807, 2.05) is 37.3 Å². The van der Waals surface area contributed by atoms with Crippen LogP contribution in [0.2, 0.25) is 0 Å². The van der Waals surface area contributed by atoms with Gasteiger partial charge in [0.2, 0.25) is 5.91 Å². The van der Waals surface area contributed by atoms with E-state index in [-0.39, 0.29) is 5.91 Å². The van der Waals surface area contributed by atoms with Crippen LogP contribution in [0.15, 0.2) is 42.5 Å². The van der Waals surface area contributed by atoms with Gasteiger partial charge in [0, 0.05) is 43.2 Å². The summed E-state index contributed by atoms with van der Waals surface area (Å²) in [6.45, 7) is 6.17. The van der Waals surface area contributed by atoms with Gasteiger partial charge in [-0.15, -0.1) is 0 Å². The van der Waals surface area contributed by atoms with Gasteiger partial charge in [-0.3, -0.25) is 9.69 Å². The minimum Gasteiger partial charge on any atom is -0.497 e. The molecule has 1 heterocycles. The summed E-state index contributed by atoms with van der Waals surface area (Å²) in [6, 6.07) is 13.9. The maximum Gasteiger partial charge on any atom is 0.220 e. The molecule has 0 aliphatic carbocycles. The lowest BCUT2D eigenvalue weighted by atomic mass is 9.93. The van der Waals surface area contributed by atoms with Crippen molar-refractivity contribution >= 4 is 5.91 Å². The number of carbonyl (C=O) groups is 1. The van der Waals surface area contributed by atoms with Gasteiger partial charge in [-0.1, -0.05) is 18.2 Å². The Bertz CT molecular complexity index is 871. The molecule has 6 nitrogen and oxygen atoms in total. The second-order valence-corrected chi connectivity index (χ2v) is 8.28. The molecule has 0 saturated carbocycles. The first-order valence-corrected chi connectivity index (χ1v) is 11.5. The normalized spacial score (nSPS) is 16.4. The van der Waals surface area contributed by atoms with Crippen molar-refractivity contribution in [1.82, 2.24) is 10.2 Å². The van der Waals surface area contributed by atoms with E-state index in [0.717, 1.165) is 48.9 Å². The van der Waals surface area contributed by atoms with E-state index in [0.29, 0.717) is 25.5 Å². The topological polar surface area (TPSA) is 60.0 Å². The van der Waals surface area contributed by atoms with Gasteiger partial charge < -0.3 is 19.5 Å². The van der Waals surface area contributed by atoms with Crippen molar-refractivity contribution in [2.75, 3.05) is 33.9 Å². The quantitative estimate of drug-likeness (QED) is 0.561. The first kappa shape index (κ1) is 23.9. The number of nitrogens with one attached hydrogen (secondary N) is 1. The maximum absolute atomic E-state index is 12.5. The molecule has 0 aromatic heterocycles. The number of hydrogen-bond donors (Lipinski definition) is 1. The molecular weight excluding hydrogens is 404 g/mol. The lowest BCUT2D eigenvalue weighted by Gasteiger charge is -2.33. The Morgan fingerprint density at radius 2 is 1.94 bits per heavy atom. The summed E-state index contributed by atoms with van der Waals surface area (Å²) in [5.74, 6) is 3.07. The van der Waals surface area contributed by atoms with Crippen LogP contribution in [0.3, 0.4) is 0 Å². The molecule has 6 heteroatoms. The molecule has 32 heavy (non-hydrogen) atoms. The molecule has 0 bridgehead atoms. The summed E-state index contributed by atoms with van der Waals surface area (Å²) in [5.41, 5.74) is 2.18. The lowest BCUT2D eigenvalue weighted by molar-refractivity contribution is -0.121. The summed E-state index contributed by atoms with van der Waals surface area (Å²) in [4.78, 5) is 15.0. The van der Waals surface area contributed by atoms with Gasteiger partial charge in [-0.25, -0.2) is 0 Å². The molecule has 0 unspecified atom stereocenters. The van der Waals surface area contributed by atoms with Gasteiger partial charge >= 0.3 is 0 Å². The van der Waals surface area contributed by atoms with Crippen molar-refractivity contribution in [2.45, 2.75) is 45.7 Å². The van der Waals surface area contributed by atoms with Gasteiger partial charge in [0.05, 0.1) is 20.8 Å². The maximum atomic E-state index is 12.5. The average Bonchev–Trinajstić information content (AvgIpc) is 2.83. The molecule has 3 rings (SSSR count). The zero-order valence-corrected chi connectivity index (χ0v) is 19.6. The number of para-hydroxylation sites is 1. The fraction of sp³-hybridized carbons (Fsp3) is 0.500. The first-order valence-electron chi connectivity index (χ1n) is 11.5. The Labute approximate surface area is 191 Å². The van der Waals surface area contributed by atoms with Gasteiger partial charge in [-0.05, 0) is 56.8 Å². The van der Waals surface area contributed by atoms with Crippen LogP contribution in [0.1, 0.15) is 43.7 Å². The predicted molar refractivity (Wildman–Crippen MR) is 126 cm³/mol. The van der Waals surface area contributed by atoms with E-state index >= 15 is 0 Å². The molecule has 0 spiro atoms. The molecule has 1 aliphatic heterocycles. The minimum atomic E-state index is 0.0849. The van der Waals surface area contributed by atoms with Crippen molar-refractivity contribution in [2.24, 2.45) is 5.92 Å². The highest BCUT2D eigenvalue weighted by Gasteiger charge is 2.21. The standard InChI is InChI=1S/C26H36N2O4/c1-4-32-24-10-6-5-9-22(24)19-28-15-7-8-20(18-28)11-14-26(29)27-17-21-12-13-23(30-2)16-25(21)31-3/h5-6,9-10,12-13,16,20H,4,7-8,11,14-15,17-19H2,1-3H3,(H,27,29)/t20-/m0/s1. The van der Waals surface area contributed by atoms with Gasteiger partial charge in [0.1, 0.15) is 17.2 Å². The van der Waals surface area contributed by atoms with Crippen LogP contribution in [-0.4, -0.2) is 44.7 Å². The highest BCUT2D eigenvalue weighted by Crippen LogP contribution is 2.26. The number of likely N-dealkylation sites (tertiary alicyclic amines) is 1. The number of amides is 1. The second-order valence-electron chi connectivity index (χ2n) is 8.28. The van der Waals surface area contributed by atoms with E-state index in [4.69, 9.17) is 14.2 Å². The van der Waals surface area contributed by atoms with Crippen LogP contribution < -0.4 is 19.5 Å². The number of methoxy groups -OCH3 is 2. The smallest absolute Gasteiger partial charge is 0.220 e. The van der Waals surface area contributed by atoms with E-state index < -0.39 is 0 Å². The number of carbonyl (C=O) groups excluding carboxylic acids is 1. The number of hydrogen-bond acceptors (Lipinski definition) is 5. The number of ether oxygens (including phenoxy) is 3. The fourth-order valence-electron chi connectivity index (χ4n) is 4.32. The van der Waals surface area contributed by atoms with Crippen LogP contribution in [0.4, 0.5) is 0 Å². The molecule has 1 saturated heterocycles. The van der Waals surface area contributed by atoms with Crippen LogP contribution in [0, 0.1) is 5.92 Å². The summed E-state index contributed by atoms with van der Waals surface area (Å²) >= 11 is 0. The number of rotatable bonds is 11. The molecule has 2 aromatic carbocycles. The SMILES string of the molecule is CCOc1ccccc1CN1CCC[C@@H](CCC(=O)NCc2ccc(OC)cc2OC)C1. The number of benzene rings is 2. The third kappa shape index (κ3) is 6.89. The number of piperidine rings is 1. The molecule has 1 atom stereocenters. The third-order valence-electron chi connectivity index (χ3n) is 6.02. The molecule has 1 N–H and O–H groups in total. The van der Waals surface area contributed by atoms with Crippen LogP contribution in [0.25, 0.3) is 0 Å². The van der Waals surface area contributed by atoms with Crippen LogP contribution >= 0.6 is 0 Å². The minimum absolute atomic E-state index is 0.0849. The Morgan fingerprint density at radius 1 is 1.09 bits per heavy atom. The average molecular weight is 441 g/mol. The molecule has 1 aliphatic rings. The predicted octanol–water partition coefficient (Wildman–Crippen LogP) is 4.41. The highest BCUT2D eigenvalue weighted by atomic mass is 16.5. The Hall–Kier alpha value is -2.73. The molecule has 1 amide bonds. The summed E-state index contributed by atoms with van der Waals surface area (Å²) in [6.07, 6.45) is 3.82. The zero-order valence-electron chi connectivity index (χ0n) is 19.6. The Morgan fingerprint density at radius 3 is 2.72 bits per heavy atom. The van der Waals surface area contributed by atoms with E-state index in [9.17, 15) is 4.79 Å². The van der Waals surface area contributed by atoms with Crippen molar-refractivity contribution in [3.8, 4) is 17.2 Å². The van der Waals surface area contributed by atoms with Gasteiger partial charge in [0.15, 0.2) is 0 Å². The monoisotopic (exact) mass is 440 g/mol. The number of nitrogens with zero attached hydrogens (tertiary/aromatic N) is 1. The van der Waals surface area contributed by atoms with Crippen LogP contribution in [-0.2, 0) is 17.9 Å². The second kappa shape index (κ2) is 12.3. The molecule has 2 aromatic rings. The molecule has 1 fully saturated rings. The zero-order chi connectivity index (χ0) is 22.8. The van der Waals surface area contributed by atoms with Crippen molar-refractivity contribution in [1.29, 1.82) is 0 Å².